The van der Waals surface area contributed by atoms with E-state index in [4.69, 9.17) is 0 Å². The van der Waals surface area contributed by atoms with Crippen molar-refractivity contribution < 1.29 is 9.18 Å². The van der Waals surface area contributed by atoms with Crippen LogP contribution in [0.3, 0.4) is 0 Å². The number of nitrogens with zero attached hydrogens (tertiary/aromatic N) is 1. The van der Waals surface area contributed by atoms with E-state index >= 15 is 0 Å². The fourth-order valence-electron chi connectivity index (χ4n) is 1.86. The molecule has 2 rings (SSSR count). The van der Waals surface area contributed by atoms with Gasteiger partial charge in [-0.05, 0) is 35.9 Å². The topological polar surface area (TPSA) is 20.3 Å². The fraction of sp³-hybridized carbons (Fsp3) is 0.188. The first-order valence-electron chi connectivity index (χ1n) is 6.12. The Bertz CT molecular complexity index is 576. The second kappa shape index (κ2) is 5.65. The van der Waals surface area contributed by atoms with Crippen LogP contribution in [0, 0.1) is 5.82 Å². The van der Waals surface area contributed by atoms with Crippen LogP contribution in [0.2, 0.25) is 0 Å². The highest BCUT2D eigenvalue weighted by molar-refractivity contribution is 5.97. The maximum Gasteiger partial charge on any atom is 0.167 e. The molecule has 0 radical (unpaired) electrons. The summed E-state index contributed by atoms with van der Waals surface area (Å²) in [5.74, 6) is -0.406. The second-order valence-corrected chi connectivity index (χ2v) is 4.63. The quantitative estimate of drug-likeness (QED) is 0.783. The van der Waals surface area contributed by atoms with Gasteiger partial charge in [0.15, 0.2) is 5.78 Å². The molecule has 0 atom stereocenters. The largest absolute Gasteiger partial charge is 0.378 e. The number of anilines is 1. The Morgan fingerprint density at radius 1 is 1.05 bits per heavy atom. The minimum atomic E-state index is -0.333. The van der Waals surface area contributed by atoms with Gasteiger partial charge in [0, 0.05) is 31.8 Å². The first-order valence-corrected chi connectivity index (χ1v) is 6.12. The molecule has 0 unspecified atom stereocenters. The van der Waals surface area contributed by atoms with E-state index in [0.29, 0.717) is 11.1 Å². The van der Waals surface area contributed by atoms with Crippen LogP contribution in [0.4, 0.5) is 10.1 Å². The monoisotopic (exact) mass is 257 g/mol. The third-order valence-electron chi connectivity index (χ3n) is 3.01. The predicted molar refractivity (Wildman–Crippen MR) is 75.2 cm³/mol. The molecule has 0 saturated carbocycles. The number of rotatable bonds is 4. The van der Waals surface area contributed by atoms with Crippen LogP contribution < -0.4 is 4.90 Å². The molecule has 2 aromatic rings. The zero-order valence-electron chi connectivity index (χ0n) is 11.1. The summed E-state index contributed by atoms with van der Waals surface area (Å²) in [7, 11) is 3.88. The van der Waals surface area contributed by atoms with Crippen LogP contribution in [0.25, 0.3) is 0 Å². The average Bonchev–Trinajstić information content (AvgIpc) is 2.41. The zero-order valence-corrected chi connectivity index (χ0v) is 11.1. The lowest BCUT2D eigenvalue weighted by Crippen LogP contribution is -2.09. The highest BCUT2D eigenvalue weighted by Crippen LogP contribution is 2.15. The first kappa shape index (κ1) is 13.3. The molecule has 0 heterocycles. The lowest BCUT2D eigenvalue weighted by atomic mass is 10.0. The molecule has 0 aromatic heterocycles. The summed E-state index contributed by atoms with van der Waals surface area (Å²) in [6, 6.07) is 13.7. The van der Waals surface area contributed by atoms with Crippen LogP contribution in [-0.4, -0.2) is 19.9 Å². The van der Waals surface area contributed by atoms with Crippen molar-refractivity contribution in [3.8, 4) is 0 Å². The predicted octanol–water partition coefficient (Wildman–Crippen LogP) is 3.32. The van der Waals surface area contributed by atoms with E-state index in [1.165, 1.54) is 6.07 Å². The van der Waals surface area contributed by atoms with Gasteiger partial charge >= 0.3 is 0 Å². The van der Waals surface area contributed by atoms with Crippen LogP contribution >= 0.6 is 0 Å². The number of Topliss-reactive ketones (excluding diaryl/α,β-unsaturated/α-hetero) is 1. The summed E-state index contributed by atoms with van der Waals surface area (Å²) in [6.45, 7) is 0. The number of carbonyl (C=O) groups excluding carboxylic acids is 1. The van der Waals surface area contributed by atoms with Crippen molar-refractivity contribution in [2.24, 2.45) is 0 Å². The lowest BCUT2D eigenvalue weighted by Gasteiger charge is -2.12. The van der Waals surface area contributed by atoms with E-state index in [2.05, 4.69) is 0 Å². The Hall–Kier alpha value is -2.16. The van der Waals surface area contributed by atoms with Gasteiger partial charge in [0.25, 0.3) is 0 Å². The van der Waals surface area contributed by atoms with Crippen molar-refractivity contribution in [1.82, 2.24) is 0 Å². The summed E-state index contributed by atoms with van der Waals surface area (Å²) in [6.07, 6.45) is 0.0913. The van der Waals surface area contributed by atoms with Gasteiger partial charge in [-0.1, -0.05) is 18.2 Å². The molecular weight excluding hydrogens is 241 g/mol. The van der Waals surface area contributed by atoms with Gasteiger partial charge in [-0.3, -0.25) is 4.79 Å². The lowest BCUT2D eigenvalue weighted by molar-refractivity contribution is 0.0992. The summed E-state index contributed by atoms with van der Waals surface area (Å²) in [5, 5.41) is 0. The van der Waals surface area contributed by atoms with Gasteiger partial charge in [-0.25, -0.2) is 4.39 Å². The summed E-state index contributed by atoms with van der Waals surface area (Å²) < 4.78 is 13.5. The van der Waals surface area contributed by atoms with Crippen LogP contribution in [0.5, 0.6) is 0 Å². The number of hydrogen-bond acceptors (Lipinski definition) is 2. The second-order valence-electron chi connectivity index (χ2n) is 4.63. The van der Waals surface area contributed by atoms with E-state index in [-0.39, 0.29) is 18.0 Å². The SMILES string of the molecule is CN(C)c1ccc(C(=O)Cc2ccccc2F)cc1. The number of benzene rings is 2. The molecule has 0 aliphatic rings. The van der Waals surface area contributed by atoms with Gasteiger partial charge in [-0.15, -0.1) is 0 Å². The van der Waals surface area contributed by atoms with Crippen molar-refractivity contribution in [3.63, 3.8) is 0 Å². The van der Waals surface area contributed by atoms with Crippen LogP contribution in [-0.2, 0) is 6.42 Å². The zero-order chi connectivity index (χ0) is 13.8. The van der Waals surface area contributed by atoms with Crippen LogP contribution in [0.1, 0.15) is 15.9 Å². The summed E-state index contributed by atoms with van der Waals surface area (Å²) in [4.78, 5) is 14.0. The molecule has 0 saturated heterocycles. The van der Waals surface area contributed by atoms with Crippen LogP contribution in [0.15, 0.2) is 48.5 Å². The van der Waals surface area contributed by atoms with E-state index in [1.807, 2.05) is 31.1 Å². The van der Waals surface area contributed by atoms with Gasteiger partial charge < -0.3 is 4.90 Å². The molecule has 2 nitrogen and oxygen atoms in total. The molecule has 19 heavy (non-hydrogen) atoms. The maximum absolute atomic E-state index is 13.5. The van der Waals surface area contributed by atoms with Crippen molar-refractivity contribution in [2.45, 2.75) is 6.42 Å². The summed E-state index contributed by atoms with van der Waals surface area (Å²) in [5.41, 5.74) is 2.07. The Morgan fingerprint density at radius 2 is 1.68 bits per heavy atom. The molecule has 0 bridgehead atoms. The van der Waals surface area contributed by atoms with Crippen molar-refractivity contribution in [1.29, 1.82) is 0 Å². The highest BCUT2D eigenvalue weighted by atomic mass is 19.1. The number of hydrogen-bond donors (Lipinski definition) is 0. The highest BCUT2D eigenvalue weighted by Gasteiger charge is 2.10. The molecule has 3 heteroatoms. The standard InChI is InChI=1S/C16H16FNO/c1-18(2)14-9-7-12(8-10-14)16(19)11-13-5-3-4-6-15(13)17/h3-10H,11H2,1-2H3. The van der Waals surface area contributed by atoms with E-state index in [0.717, 1.165) is 5.69 Å². The molecule has 0 amide bonds. The smallest absolute Gasteiger partial charge is 0.167 e. The van der Waals surface area contributed by atoms with E-state index in [1.54, 1.807) is 30.3 Å². The molecule has 0 spiro atoms. The van der Waals surface area contributed by atoms with Gasteiger partial charge in [0.05, 0.1) is 0 Å². The molecule has 0 N–H and O–H groups in total. The molecule has 2 aromatic carbocycles. The average molecular weight is 257 g/mol. The molecule has 98 valence electrons. The van der Waals surface area contributed by atoms with E-state index in [9.17, 15) is 9.18 Å². The van der Waals surface area contributed by atoms with Crippen molar-refractivity contribution >= 4 is 11.5 Å². The third kappa shape index (κ3) is 3.19. The van der Waals surface area contributed by atoms with Crippen molar-refractivity contribution in [2.75, 3.05) is 19.0 Å². The minimum Gasteiger partial charge on any atom is -0.378 e. The Morgan fingerprint density at radius 3 is 2.26 bits per heavy atom. The minimum absolute atomic E-state index is 0.0737. The molecular formula is C16H16FNO. The molecule has 0 aliphatic heterocycles. The fourth-order valence-corrected chi connectivity index (χ4v) is 1.86. The number of ketones is 1. The molecule has 0 aliphatic carbocycles. The normalized spacial score (nSPS) is 10.3. The van der Waals surface area contributed by atoms with E-state index < -0.39 is 0 Å². The number of halogens is 1. The third-order valence-corrected chi connectivity index (χ3v) is 3.01. The Balaban J connectivity index is 2.14. The van der Waals surface area contributed by atoms with Crippen molar-refractivity contribution in [3.05, 3.63) is 65.5 Å². The number of carbonyl (C=O) groups is 1. The Labute approximate surface area is 112 Å². The Kier molecular flexibility index (Phi) is 3.95. The van der Waals surface area contributed by atoms with Gasteiger partial charge in [0.1, 0.15) is 5.82 Å². The van der Waals surface area contributed by atoms with Gasteiger partial charge in [0.2, 0.25) is 0 Å². The maximum atomic E-state index is 13.5. The first-order chi connectivity index (χ1) is 9.08. The van der Waals surface area contributed by atoms with Gasteiger partial charge in [-0.2, -0.15) is 0 Å². The summed E-state index contributed by atoms with van der Waals surface area (Å²) >= 11 is 0. The molecule has 0 fully saturated rings.